The van der Waals surface area contributed by atoms with Crippen molar-refractivity contribution >= 4 is 7.60 Å². The molecule has 1 rings (SSSR count). The molecule has 5 heteroatoms. The van der Waals surface area contributed by atoms with Crippen LogP contribution in [0.1, 0.15) is 26.2 Å². The molecule has 1 saturated heterocycles. The fourth-order valence-corrected chi connectivity index (χ4v) is 3.22. The molecule has 1 N–H and O–H groups in total. The average Bonchev–Trinajstić information content (AvgIpc) is 2.30. The second-order valence-corrected chi connectivity index (χ2v) is 6.49. The number of allylic oxidation sites excluding steroid dienone is 1. The summed E-state index contributed by atoms with van der Waals surface area (Å²) in [6, 6.07) is 0. The highest BCUT2D eigenvalue weighted by molar-refractivity contribution is 7.54. The zero-order chi connectivity index (χ0) is 12.1. The van der Waals surface area contributed by atoms with Crippen molar-refractivity contribution in [2.75, 3.05) is 26.0 Å². The Morgan fingerprint density at radius 3 is 2.56 bits per heavy atom. The minimum atomic E-state index is -2.97. The summed E-state index contributed by atoms with van der Waals surface area (Å²) in [5.41, 5.74) is -0.370. The summed E-state index contributed by atoms with van der Waals surface area (Å²) in [4.78, 5) is 0. The summed E-state index contributed by atoms with van der Waals surface area (Å²) in [6.45, 7) is 6.26. The summed E-state index contributed by atoms with van der Waals surface area (Å²) < 4.78 is 22.5. The van der Waals surface area contributed by atoms with Gasteiger partial charge in [-0.1, -0.05) is 25.8 Å². The van der Waals surface area contributed by atoms with E-state index >= 15 is 0 Å². The van der Waals surface area contributed by atoms with Crippen LogP contribution in [-0.2, 0) is 13.6 Å². The van der Waals surface area contributed by atoms with Crippen LogP contribution in [0.4, 0.5) is 0 Å². The van der Waals surface area contributed by atoms with Gasteiger partial charge in [-0.05, 0) is 6.42 Å². The first-order valence-corrected chi connectivity index (χ1v) is 7.42. The standard InChI is InChI=1S/C11H21O4P/c1-3-5-6-11(8-12)9-14-16(13,7-4-2)15-10-11/h4,12H,2-3,5-10H2,1H3. The largest absolute Gasteiger partial charge is 0.396 e. The molecule has 94 valence electrons. The van der Waals surface area contributed by atoms with Crippen LogP contribution in [0.2, 0.25) is 0 Å². The van der Waals surface area contributed by atoms with E-state index in [2.05, 4.69) is 13.5 Å². The number of unbranched alkanes of at least 4 members (excludes halogenated alkanes) is 1. The highest BCUT2D eigenvalue weighted by Crippen LogP contribution is 2.54. The van der Waals surface area contributed by atoms with Crippen LogP contribution in [0.5, 0.6) is 0 Å². The first kappa shape index (κ1) is 13.9. The molecule has 1 heterocycles. The van der Waals surface area contributed by atoms with Gasteiger partial charge in [0.05, 0.1) is 26.0 Å². The molecular formula is C11H21O4P. The lowest BCUT2D eigenvalue weighted by Crippen LogP contribution is -2.39. The first-order valence-electron chi connectivity index (χ1n) is 5.70. The maximum atomic E-state index is 11.9. The molecule has 1 aliphatic heterocycles. The van der Waals surface area contributed by atoms with E-state index in [4.69, 9.17) is 9.05 Å². The number of hydrogen-bond donors (Lipinski definition) is 1. The second-order valence-electron chi connectivity index (χ2n) is 4.39. The molecule has 0 aromatic carbocycles. The van der Waals surface area contributed by atoms with Gasteiger partial charge in [-0.2, -0.15) is 0 Å². The normalized spacial score (nSPS) is 34.9. The maximum Gasteiger partial charge on any atom is 0.334 e. The molecular weight excluding hydrogens is 227 g/mol. The molecule has 0 aromatic rings. The van der Waals surface area contributed by atoms with E-state index in [1.807, 2.05) is 0 Å². The van der Waals surface area contributed by atoms with Gasteiger partial charge in [0, 0.05) is 5.41 Å². The van der Waals surface area contributed by atoms with Crippen molar-refractivity contribution in [3.8, 4) is 0 Å². The van der Waals surface area contributed by atoms with Gasteiger partial charge >= 0.3 is 7.60 Å². The third-order valence-electron chi connectivity index (χ3n) is 2.88. The van der Waals surface area contributed by atoms with Crippen molar-refractivity contribution in [3.05, 3.63) is 12.7 Å². The Kier molecular flexibility index (Phi) is 5.19. The summed E-state index contributed by atoms with van der Waals surface area (Å²) in [7, 11) is -2.97. The molecule has 1 aliphatic rings. The Morgan fingerprint density at radius 1 is 1.50 bits per heavy atom. The molecule has 0 aromatic heterocycles. The van der Waals surface area contributed by atoms with Gasteiger partial charge in [-0.15, -0.1) is 6.58 Å². The van der Waals surface area contributed by atoms with Crippen LogP contribution < -0.4 is 0 Å². The minimum absolute atomic E-state index is 0.0150. The fraction of sp³-hybridized carbons (Fsp3) is 0.818. The molecule has 4 nitrogen and oxygen atoms in total. The van der Waals surface area contributed by atoms with Crippen molar-refractivity contribution in [3.63, 3.8) is 0 Å². The topological polar surface area (TPSA) is 55.8 Å². The number of rotatable bonds is 6. The second kappa shape index (κ2) is 5.97. The zero-order valence-electron chi connectivity index (χ0n) is 9.85. The lowest BCUT2D eigenvalue weighted by molar-refractivity contribution is -0.0262. The Morgan fingerprint density at radius 2 is 2.12 bits per heavy atom. The van der Waals surface area contributed by atoms with Gasteiger partial charge in [-0.3, -0.25) is 4.57 Å². The van der Waals surface area contributed by atoms with Crippen LogP contribution in [0.3, 0.4) is 0 Å². The monoisotopic (exact) mass is 248 g/mol. The lowest BCUT2D eigenvalue weighted by Gasteiger charge is -2.38. The third-order valence-corrected chi connectivity index (χ3v) is 4.63. The van der Waals surface area contributed by atoms with Gasteiger partial charge in [0.25, 0.3) is 0 Å². The minimum Gasteiger partial charge on any atom is -0.396 e. The molecule has 0 aliphatic carbocycles. The lowest BCUT2D eigenvalue weighted by atomic mass is 9.85. The Labute approximate surface area is 97.2 Å². The predicted octanol–water partition coefficient (Wildman–Crippen LogP) is 2.58. The molecule has 0 saturated carbocycles. The molecule has 16 heavy (non-hydrogen) atoms. The number of aliphatic hydroxyl groups excluding tert-OH is 1. The van der Waals surface area contributed by atoms with E-state index in [-0.39, 0.29) is 18.2 Å². The summed E-state index contributed by atoms with van der Waals surface area (Å²) in [5, 5.41) is 9.40. The summed E-state index contributed by atoms with van der Waals surface area (Å²) >= 11 is 0. The summed E-state index contributed by atoms with van der Waals surface area (Å²) in [5.74, 6) is 0. The fourth-order valence-electron chi connectivity index (χ4n) is 1.68. The van der Waals surface area contributed by atoms with Crippen molar-refractivity contribution in [1.82, 2.24) is 0 Å². The van der Waals surface area contributed by atoms with Crippen molar-refractivity contribution in [2.45, 2.75) is 26.2 Å². The Bertz CT molecular complexity index is 265. The molecule has 0 amide bonds. The van der Waals surface area contributed by atoms with Gasteiger partial charge < -0.3 is 14.2 Å². The highest BCUT2D eigenvalue weighted by Gasteiger charge is 2.40. The Hall–Kier alpha value is -0.150. The highest BCUT2D eigenvalue weighted by atomic mass is 31.2. The van der Waals surface area contributed by atoms with E-state index in [0.717, 1.165) is 19.3 Å². The zero-order valence-corrected chi connectivity index (χ0v) is 10.7. The van der Waals surface area contributed by atoms with Crippen molar-refractivity contribution < 1.29 is 18.7 Å². The Balaban J connectivity index is 2.56. The third kappa shape index (κ3) is 3.42. The molecule has 0 radical (unpaired) electrons. The number of aliphatic hydroxyl groups is 1. The maximum absolute atomic E-state index is 11.9. The quantitative estimate of drug-likeness (QED) is 0.579. The van der Waals surface area contributed by atoms with E-state index in [9.17, 15) is 9.67 Å². The van der Waals surface area contributed by atoms with Gasteiger partial charge in [0.1, 0.15) is 0 Å². The van der Waals surface area contributed by atoms with Crippen LogP contribution in [0.25, 0.3) is 0 Å². The number of hydrogen-bond acceptors (Lipinski definition) is 4. The van der Waals surface area contributed by atoms with Gasteiger partial charge in [-0.25, -0.2) is 0 Å². The SMILES string of the molecule is C=CCP1(=O)OCC(CO)(CCCC)CO1. The van der Waals surface area contributed by atoms with E-state index in [0.29, 0.717) is 13.2 Å². The van der Waals surface area contributed by atoms with Crippen LogP contribution >= 0.6 is 7.60 Å². The van der Waals surface area contributed by atoms with Crippen LogP contribution in [0, 0.1) is 5.41 Å². The predicted molar refractivity (Wildman–Crippen MR) is 63.6 cm³/mol. The molecule has 1 fully saturated rings. The van der Waals surface area contributed by atoms with Gasteiger partial charge in [0.2, 0.25) is 0 Å². The van der Waals surface area contributed by atoms with E-state index in [1.54, 1.807) is 6.08 Å². The van der Waals surface area contributed by atoms with Crippen LogP contribution in [0.15, 0.2) is 12.7 Å². The average molecular weight is 248 g/mol. The first-order chi connectivity index (χ1) is 7.60. The van der Waals surface area contributed by atoms with Crippen LogP contribution in [-0.4, -0.2) is 31.1 Å². The molecule has 0 atom stereocenters. The van der Waals surface area contributed by atoms with Crippen molar-refractivity contribution in [2.24, 2.45) is 5.41 Å². The molecule has 0 unspecified atom stereocenters. The van der Waals surface area contributed by atoms with Gasteiger partial charge in [0.15, 0.2) is 0 Å². The van der Waals surface area contributed by atoms with E-state index < -0.39 is 7.60 Å². The smallest absolute Gasteiger partial charge is 0.334 e. The van der Waals surface area contributed by atoms with Crippen molar-refractivity contribution in [1.29, 1.82) is 0 Å². The molecule has 0 spiro atoms. The summed E-state index contributed by atoms with van der Waals surface area (Å²) in [6.07, 6.45) is 4.69. The molecule has 0 bridgehead atoms. The van der Waals surface area contributed by atoms with E-state index in [1.165, 1.54) is 0 Å².